The summed E-state index contributed by atoms with van der Waals surface area (Å²) < 4.78 is 0. The molecule has 1 atom stereocenters. The maximum Gasteiger partial charge on any atom is -0.0165 e. The Labute approximate surface area is 190 Å². The Hall–Kier alpha value is -0.780. The Morgan fingerprint density at radius 3 is 1.20 bits per heavy atom. The lowest BCUT2D eigenvalue weighted by atomic mass is 9.91. The molecular weight excluding hydrogens is 360 g/mol. The highest BCUT2D eigenvalue weighted by Gasteiger charge is 2.08. The van der Waals surface area contributed by atoms with Crippen LogP contribution in [0.2, 0.25) is 0 Å². The highest BCUT2D eigenvalue weighted by Crippen LogP contribution is 2.25. The molecule has 0 radical (unpaired) electrons. The normalized spacial score (nSPS) is 12.3. The molecule has 0 saturated carbocycles. The monoisotopic (exact) mass is 414 g/mol. The van der Waals surface area contributed by atoms with Crippen molar-refractivity contribution in [2.24, 2.45) is 0 Å². The molecule has 1 aromatic carbocycles. The van der Waals surface area contributed by atoms with Gasteiger partial charge >= 0.3 is 0 Å². The van der Waals surface area contributed by atoms with Crippen LogP contribution in [0.15, 0.2) is 30.3 Å². The van der Waals surface area contributed by atoms with E-state index in [-0.39, 0.29) is 0 Å². The van der Waals surface area contributed by atoms with Crippen molar-refractivity contribution in [1.82, 2.24) is 0 Å². The average Bonchev–Trinajstić information content (AvgIpc) is 2.78. The largest absolute Gasteiger partial charge is 0.0654 e. The standard InChI is InChI=1S/C30H54/c1-3-5-6-7-8-9-10-11-12-13-14-15-16-17-18-19-20-21-23-26-29(4-2)30-27-24-22-25-28-30/h22,24-25,27-29H,3-21,23,26H2,1-2H3. The van der Waals surface area contributed by atoms with Crippen molar-refractivity contribution in [2.45, 2.75) is 155 Å². The molecule has 30 heavy (non-hydrogen) atoms. The minimum atomic E-state index is 0.775. The van der Waals surface area contributed by atoms with Gasteiger partial charge in [-0.25, -0.2) is 0 Å². The van der Waals surface area contributed by atoms with Gasteiger partial charge in [0.05, 0.1) is 0 Å². The second kappa shape index (κ2) is 21.5. The lowest BCUT2D eigenvalue weighted by Gasteiger charge is -2.15. The van der Waals surface area contributed by atoms with Gasteiger partial charge in [0.2, 0.25) is 0 Å². The van der Waals surface area contributed by atoms with Crippen LogP contribution >= 0.6 is 0 Å². The second-order valence-electron chi connectivity index (χ2n) is 9.67. The molecule has 0 aliphatic heterocycles. The van der Waals surface area contributed by atoms with E-state index in [9.17, 15) is 0 Å². The fourth-order valence-corrected chi connectivity index (χ4v) is 4.80. The highest BCUT2D eigenvalue weighted by molar-refractivity contribution is 5.19. The maximum absolute atomic E-state index is 2.34. The van der Waals surface area contributed by atoms with Gasteiger partial charge in [-0.3, -0.25) is 0 Å². The number of hydrogen-bond donors (Lipinski definition) is 0. The van der Waals surface area contributed by atoms with Crippen LogP contribution in [0.4, 0.5) is 0 Å². The molecule has 1 rings (SSSR count). The van der Waals surface area contributed by atoms with E-state index >= 15 is 0 Å². The lowest BCUT2D eigenvalue weighted by molar-refractivity contribution is 0.509. The minimum absolute atomic E-state index is 0.775. The first-order valence-electron chi connectivity index (χ1n) is 13.9. The third-order valence-electron chi connectivity index (χ3n) is 6.92. The van der Waals surface area contributed by atoms with Crippen LogP contribution in [0.5, 0.6) is 0 Å². The molecule has 0 aliphatic carbocycles. The van der Waals surface area contributed by atoms with Gasteiger partial charge in [0.25, 0.3) is 0 Å². The molecule has 0 nitrogen and oxygen atoms in total. The Balaban J connectivity index is 1.76. The molecule has 0 aliphatic rings. The van der Waals surface area contributed by atoms with Gasteiger partial charge in [0.1, 0.15) is 0 Å². The quantitative estimate of drug-likeness (QED) is 0.165. The summed E-state index contributed by atoms with van der Waals surface area (Å²) in [5.74, 6) is 0.775. The summed E-state index contributed by atoms with van der Waals surface area (Å²) in [6.45, 7) is 4.64. The molecule has 0 aromatic heterocycles. The Morgan fingerprint density at radius 2 is 0.833 bits per heavy atom. The maximum atomic E-state index is 2.34. The van der Waals surface area contributed by atoms with Crippen molar-refractivity contribution < 1.29 is 0 Å². The number of rotatable bonds is 22. The second-order valence-corrected chi connectivity index (χ2v) is 9.67. The average molecular weight is 415 g/mol. The summed E-state index contributed by atoms with van der Waals surface area (Å²) in [5, 5.41) is 0. The topological polar surface area (TPSA) is 0 Å². The van der Waals surface area contributed by atoms with Gasteiger partial charge in [0.15, 0.2) is 0 Å². The van der Waals surface area contributed by atoms with Crippen LogP contribution in [0.1, 0.15) is 160 Å². The lowest BCUT2D eigenvalue weighted by Crippen LogP contribution is -1.97. The Morgan fingerprint density at radius 1 is 0.467 bits per heavy atom. The van der Waals surface area contributed by atoms with Crippen molar-refractivity contribution in [3.05, 3.63) is 35.9 Å². The van der Waals surface area contributed by atoms with Crippen LogP contribution in [-0.2, 0) is 0 Å². The zero-order valence-electron chi connectivity index (χ0n) is 20.8. The summed E-state index contributed by atoms with van der Waals surface area (Å²) >= 11 is 0. The summed E-state index contributed by atoms with van der Waals surface area (Å²) in [5.41, 5.74) is 1.54. The summed E-state index contributed by atoms with van der Waals surface area (Å²) in [7, 11) is 0. The number of unbranched alkanes of at least 4 members (excludes halogenated alkanes) is 18. The number of benzene rings is 1. The van der Waals surface area contributed by atoms with Crippen LogP contribution < -0.4 is 0 Å². The Bertz CT molecular complexity index is 435. The van der Waals surface area contributed by atoms with Crippen LogP contribution in [0.25, 0.3) is 0 Å². The van der Waals surface area contributed by atoms with E-state index in [1.807, 2.05) is 0 Å². The summed E-state index contributed by atoms with van der Waals surface area (Å²) in [4.78, 5) is 0. The molecule has 174 valence electrons. The van der Waals surface area contributed by atoms with Crippen molar-refractivity contribution in [1.29, 1.82) is 0 Å². The zero-order chi connectivity index (χ0) is 21.5. The van der Waals surface area contributed by atoms with E-state index in [2.05, 4.69) is 44.2 Å². The number of hydrogen-bond acceptors (Lipinski definition) is 0. The predicted octanol–water partition coefficient (Wildman–Crippen LogP) is 11.0. The van der Waals surface area contributed by atoms with Gasteiger partial charge in [-0.15, -0.1) is 0 Å². The molecule has 0 bridgehead atoms. The third kappa shape index (κ3) is 16.0. The highest BCUT2D eigenvalue weighted by atomic mass is 14.1. The zero-order valence-corrected chi connectivity index (χ0v) is 20.8. The van der Waals surface area contributed by atoms with Crippen LogP contribution in [0.3, 0.4) is 0 Å². The SMILES string of the molecule is CCCCCCCCCCCCCCCCCCCCCC(CC)c1ccccc1. The van der Waals surface area contributed by atoms with Gasteiger partial charge < -0.3 is 0 Å². The smallest absolute Gasteiger partial charge is 0.0165 e. The molecule has 0 spiro atoms. The fourth-order valence-electron chi connectivity index (χ4n) is 4.80. The van der Waals surface area contributed by atoms with Crippen molar-refractivity contribution >= 4 is 0 Å². The van der Waals surface area contributed by atoms with Gasteiger partial charge in [-0.2, -0.15) is 0 Å². The van der Waals surface area contributed by atoms with Crippen molar-refractivity contribution in [2.75, 3.05) is 0 Å². The molecule has 1 aromatic rings. The minimum Gasteiger partial charge on any atom is -0.0654 e. The molecule has 0 fully saturated rings. The van der Waals surface area contributed by atoms with E-state index in [1.54, 1.807) is 5.56 Å². The van der Waals surface area contributed by atoms with E-state index < -0.39 is 0 Å². The van der Waals surface area contributed by atoms with E-state index in [4.69, 9.17) is 0 Å². The van der Waals surface area contributed by atoms with Gasteiger partial charge in [0, 0.05) is 0 Å². The predicted molar refractivity (Wildman–Crippen MR) is 137 cm³/mol. The van der Waals surface area contributed by atoms with Gasteiger partial charge in [-0.05, 0) is 24.3 Å². The molecule has 0 N–H and O–H groups in total. The summed E-state index contributed by atoms with van der Waals surface area (Å²) in [6, 6.07) is 11.1. The third-order valence-corrected chi connectivity index (χ3v) is 6.92. The molecule has 0 heterocycles. The first-order valence-corrected chi connectivity index (χ1v) is 13.9. The van der Waals surface area contributed by atoms with Crippen molar-refractivity contribution in [3.63, 3.8) is 0 Å². The first-order chi connectivity index (χ1) is 14.9. The molecule has 0 heteroatoms. The first kappa shape index (κ1) is 27.3. The molecule has 0 saturated heterocycles. The van der Waals surface area contributed by atoms with Crippen molar-refractivity contribution in [3.8, 4) is 0 Å². The van der Waals surface area contributed by atoms with Crippen LogP contribution in [0, 0.1) is 0 Å². The Kier molecular flexibility index (Phi) is 19.5. The van der Waals surface area contributed by atoms with Crippen LogP contribution in [-0.4, -0.2) is 0 Å². The summed E-state index contributed by atoms with van der Waals surface area (Å²) in [6.07, 6.45) is 30.4. The molecule has 1 unspecified atom stereocenters. The molecule has 0 amide bonds. The van der Waals surface area contributed by atoms with E-state index in [1.165, 1.54) is 135 Å². The van der Waals surface area contributed by atoms with E-state index in [0.717, 1.165) is 5.92 Å². The molecular formula is C30H54. The van der Waals surface area contributed by atoms with E-state index in [0.29, 0.717) is 0 Å². The fraction of sp³-hybridized carbons (Fsp3) is 0.800. The van der Waals surface area contributed by atoms with Gasteiger partial charge in [-0.1, -0.05) is 166 Å².